The first kappa shape index (κ1) is 19.5. The van der Waals surface area contributed by atoms with Crippen molar-refractivity contribution in [2.24, 2.45) is 10.7 Å². The summed E-state index contributed by atoms with van der Waals surface area (Å²) in [4.78, 5) is 4.69. The summed E-state index contributed by atoms with van der Waals surface area (Å²) in [7, 11) is 0. The molecule has 0 aliphatic heterocycles. The molecule has 2 N–H and O–H groups in total. The Morgan fingerprint density at radius 1 is 0.857 bits per heavy atom. The Morgan fingerprint density at radius 3 is 1.93 bits per heavy atom. The van der Waals surface area contributed by atoms with E-state index in [1.165, 1.54) is 18.2 Å². The number of hydrogen-bond donors (Lipinski definition) is 1. The molecular formula is C24H22F2N2. The lowest BCUT2D eigenvalue weighted by Gasteiger charge is -2.18. The zero-order chi connectivity index (χ0) is 20.0. The monoisotopic (exact) mass is 376 g/mol. The quantitative estimate of drug-likeness (QED) is 0.537. The Bertz CT molecular complexity index is 950. The average molecular weight is 376 g/mol. The van der Waals surface area contributed by atoms with Crippen LogP contribution in [-0.4, -0.2) is 5.71 Å². The van der Waals surface area contributed by atoms with Gasteiger partial charge >= 0.3 is 5.92 Å². The number of benzene rings is 3. The third-order valence-corrected chi connectivity index (χ3v) is 4.48. The van der Waals surface area contributed by atoms with Gasteiger partial charge in [-0.05, 0) is 24.1 Å². The lowest BCUT2D eigenvalue weighted by Crippen LogP contribution is -2.24. The van der Waals surface area contributed by atoms with Crippen LogP contribution in [0.5, 0.6) is 0 Å². The predicted molar refractivity (Wildman–Crippen MR) is 110 cm³/mol. The Kier molecular flexibility index (Phi) is 5.99. The summed E-state index contributed by atoms with van der Waals surface area (Å²) in [6, 6.07) is 26.3. The van der Waals surface area contributed by atoms with Crippen LogP contribution in [0, 0.1) is 0 Å². The van der Waals surface area contributed by atoms with E-state index in [1.807, 2.05) is 67.6 Å². The van der Waals surface area contributed by atoms with Gasteiger partial charge in [-0.25, -0.2) is 0 Å². The fourth-order valence-electron chi connectivity index (χ4n) is 2.87. The maximum absolute atomic E-state index is 14.8. The van der Waals surface area contributed by atoms with E-state index in [2.05, 4.69) is 0 Å². The second-order valence-electron chi connectivity index (χ2n) is 6.51. The maximum Gasteiger partial charge on any atom is 0.312 e. The first-order valence-electron chi connectivity index (χ1n) is 9.07. The van der Waals surface area contributed by atoms with Crippen molar-refractivity contribution < 1.29 is 8.78 Å². The molecule has 28 heavy (non-hydrogen) atoms. The highest BCUT2D eigenvalue weighted by molar-refractivity contribution is 6.09. The summed E-state index contributed by atoms with van der Waals surface area (Å²) in [5, 5.41) is 0. The van der Waals surface area contributed by atoms with Crippen LogP contribution in [0.3, 0.4) is 0 Å². The van der Waals surface area contributed by atoms with E-state index in [1.54, 1.807) is 18.2 Å². The van der Waals surface area contributed by atoms with Crippen molar-refractivity contribution in [1.29, 1.82) is 0 Å². The van der Waals surface area contributed by atoms with E-state index < -0.39 is 11.6 Å². The molecule has 0 amide bonds. The van der Waals surface area contributed by atoms with Crippen molar-refractivity contribution in [2.75, 3.05) is 0 Å². The van der Waals surface area contributed by atoms with Crippen molar-refractivity contribution >= 4 is 5.71 Å². The van der Waals surface area contributed by atoms with Gasteiger partial charge in [0.1, 0.15) is 0 Å². The molecule has 2 nitrogen and oxygen atoms in total. The minimum absolute atomic E-state index is 0.146. The van der Waals surface area contributed by atoms with Gasteiger partial charge in [0, 0.05) is 5.56 Å². The zero-order valence-electron chi connectivity index (χ0n) is 15.6. The molecule has 3 rings (SSSR count). The average Bonchev–Trinajstić information content (AvgIpc) is 2.75. The van der Waals surface area contributed by atoms with Gasteiger partial charge in [0.2, 0.25) is 0 Å². The molecule has 0 unspecified atom stereocenters. The standard InChI is InChI=1S/C24H22F2N2/c1-18(19-11-5-2-6-12-19)28-22(20-13-7-3-8-14-20)17-23(27)24(25,26)21-15-9-4-10-16-21/h2-18H,27H2,1H3/b23-17-,28-22?/t18-/m0/s1. The molecule has 3 aromatic carbocycles. The van der Waals surface area contributed by atoms with Crippen molar-refractivity contribution in [1.82, 2.24) is 0 Å². The van der Waals surface area contributed by atoms with Crippen LogP contribution in [0.15, 0.2) is 108 Å². The third kappa shape index (κ3) is 4.52. The fourth-order valence-corrected chi connectivity index (χ4v) is 2.87. The predicted octanol–water partition coefficient (Wildman–Crippen LogP) is 5.87. The van der Waals surface area contributed by atoms with Gasteiger partial charge in [0.25, 0.3) is 0 Å². The summed E-state index contributed by atoms with van der Waals surface area (Å²) < 4.78 is 29.7. The zero-order valence-corrected chi connectivity index (χ0v) is 15.6. The smallest absolute Gasteiger partial charge is 0.312 e. The van der Waals surface area contributed by atoms with Crippen LogP contribution in [0.2, 0.25) is 0 Å². The summed E-state index contributed by atoms with van der Waals surface area (Å²) >= 11 is 0. The van der Waals surface area contributed by atoms with Gasteiger partial charge in [-0.1, -0.05) is 91.0 Å². The van der Waals surface area contributed by atoms with Gasteiger partial charge < -0.3 is 5.73 Å². The van der Waals surface area contributed by atoms with E-state index in [0.717, 1.165) is 11.1 Å². The number of nitrogens with two attached hydrogens (primary N) is 1. The molecule has 0 aliphatic carbocycles. The lowest BCUT2D eigenvalue weighted by atomic mass is 10.0. The number of halogens is 2. The minimum Gasteiger partial charge on any atom is -0.397 e. The van der Waals surface area contributed by atoms with Crippen LogP contribution in [0.25, 0.3) is 0 Å². The van der Waals surface area contributed by atoms with Crippen molar-refractivity contribution in [3.63, 3.8) is 0 Å². The fraction of sp³-hybridized carbons (Fsp3) is 0.125. The first-order valence-corrected chi connectivity index (χ1v) is 9.07. The highest BCUT2D eigenvalue weighted by Gasteiger charge is 2.35. The minimum atomic E-state index is -3.28. The third-order valence-electron chi connectivity index (χ3n) is 4.48. The molecule has 3 aromatic rings. The van der Waals surface area contributed by atoms with E-state index >= 15 is 0 Å². The van der Waals surface area contributed by atoms with Gasteiger partial charge in [0.15, 0.2) is 0 Å². The van der Waals surface area contributed by atoms with Crippen LogP contribution >= 0.6 is 0 Å². The molecule has 0 saturated heterocycles. The first-order chi connectivity index (χ1) is 13.5. The van der Waals surface area contributed by atoms with Crippen LogP contribution < -0.4 is 5.73 Å². The molecule has 0 radical (unpaired) electrons. The van der Waals surface area contributed by atoms with Gasteiger partial charge in [-0.3, -0.25) is 4.99 Å². The van der Waals surface area contributed by atoms with Crippen LogP contribution in [-0.2, 0) is 5.92 Å². The molecular weight excluding hydrogens is 354 g/mol. The van der Waals surface area contributed by atoms with Crippen molar-refractivity contribution in [3.05, 3.63) is 119 Å². The summed E-state index contributed by atoms with van der Waals surface area (Å²) in [5.41, 5.74) is 7.33. The number of nitrogens with zero attached hydrogens (tertiary/aromatic N) is 1. The number of allylic oxidation sites excluding steroid dienone is 2. The molecule has 0 heterocycles. The van der Waals surface area contributed by atoms with E-state index in [0.29, 0.717) is 5.71 Å². The number of hydrogen-bond acceptors (Lipinski definition) is 2. The summed E-state index contributed by atoms with van der Waals surface area (Å²) in [6.45, 7) is 1.93. The second kappa shape index (κ2) is 8.61. The molecule has 0 aliphatic rings. The van der Waals surface area contributed by atoms with Gasteiger partial charge in [0.05, 0.1) is 17.5 Å². The lowest BCUT2D eigenvalue weighted by molar-refractivity contribution is 0.0364. The van der Waals surface area contributed by atoms with E-state index in [9.17, 15) is 8.78 Å². The molecule has 4 heteroatoms. The van der Waals surface area contributed by atoms with Gasteiger partial charge in [-0.2, -0.15) is 8.78 Å². The summed E-state index contributed by atoms with van der Waals surface area (Å²) in [5.74, 6) is -3.28. The highest BCUT2D eigenvalue weighted by Crippen LogP contribution is 2.33. The molecule has 0 fully saturated rings. The molecule has 1 atom stereocenters. The Balaban J connectivity index is 2.02. The largest absolute Gasteiger partial charge is 0.397 e. The maximum atomic E-state index is 14.8. The van der Waals surface area contributed by atoms with E-state index in [-0.39, 0.29) is 11.6 Å². The number of alkyl halides is 2. The molecule has 0 saturated carbocycles. The number of rotatable bonds is 6. The molecule has 142 valence electrons. The Hall–Kier alpha value is -3.27. The number of aliphatic imine (C=N–C) groups is 1. The van der Waals surface area contributed by atoms with Crippen molar-refractivity contribution in [2.45, 2.75) is 18.9 Å². The topological polar surface area (TPSA) is 38.4 Å². The van der Waals surface area contributed by atoms with Crippen LogP contribution in [0.4, 0.5) is 8.78 Å². The van der Waals surface area contributed by atoms with Crippen LogP contribution in [0.1, 0.15) is 29.7 Å². The van der Waals surface area contributed by atoms with E-state index in [4.69, 9.17) is 10.7 Å². The molecule has 0 aromatic heterocycles. The molecule has 0 spiro atoms. The Labute approximate surface area is 164 Å². The normalized spacial score (nSPS) is 14.0. The van der Waals surface area contributed by atoms with Gasteiger partial charge in [-0.15, -0.1) is 0 Å². The highest BCUT2D eigenvalue weighted by atomic mass is 19.3. The Morgan fingerprint density at radius 2 is 1.36 bits per heavy atom. The van der Waals surface area contributed by atoms with Crippen molar-refractivity contribution in [3.8, 4) is 0 Å². The summed E-state index contributed by atoms with van der Waals surface area (Å²) in [6.07, 6.45) is 1.28. The molecule has 0 bridgehead atoms. The SMILES string of the molecule is C[C@H](N=C(/C=C(\N)C(F)(F)c1ccccc1)c1ccccc1)c1ccccc1. The second-order valence-corrected chi connectivity index (χ2v) is 6.51.